The molecule has 1 rings (SSSR count). The number of nitrogens with zero attached hydrogens (tertiary/aromatic N) is 1. The predicted molar refractivity (Wildman–Crippen MR) is 65.3 cm³/mol. The zero-order valence-corrected chi connectivity index (χ0v) is 10.8. The first-order valence-corrected chi connectivity index (χ1v) is 6.17. The van der Waals surface area contributed by atoms with Crippen LogP contribution in [0.1, 0.15) is 24.9 Å². The van der Waals surface area contributed by atoms with Gasteiger partial charge in [-0.1, -0.05) is 0 Å². The van der Waals surface area contributed by atoms with Crippen molar-refractivity contribution in [2.75, 3.05) is 0 Å². The molecule has 0 aromatic carbocycles. The van der Waals surface area contributed by atoms with Crippen LogP contribution in [-0.4, -0.2) is 39.3 Å². The van der Waals surface area contributed by atoms with Gasteiger partial charge in [-0.3, -0.25) is 0 Å². The lowest BCUT2D eigenvalue weighted by molar-refractivity contribution is -0.141. The standard InChI is InChI=1S/C10H15N3O4S/c1-5(8-11-3-4-18-8)12-10(17)13-7(6(2)14)9(15)16/h3-7,14H,1-2H3,(H,15,16)(H2,12,13,17)/t5?,6-,7+/m1/s1. The number of aliphatic hydroxyl groups is 1. The van der Waals surface area contributed by atoms with Crippen LogP contribution in [0.3, 0.4) is 0 Å². The number of carboxylic acid groups (broad SMARTS) is 1. The number of carboxylic acids is 1. The number of thiazole rings is 1. The van der Waals surface area contributed by atoms with Crippen molar-refractivity contribution in [2.24, 2.45) is 0 Å². The highest BCUT2D eigenvalue weighted by atomic mass is 32.1. The van der Waals surface area contributed by atoms with Crippen molar-refractivity contribution in [2.45, 2.75) is 32.0 Å². The topological polar surface area (TPSA) is 112 Å². The molecule has 0 bridgehead atoms. The smallest absolute Gasteiger partial charge is 0.328 e. The lowest BCUT2D eigenvalue weighted by Gasteiger charge is -2.19. The van der Waals surface area contributed by atoms with Gasteiger partial charge in [-0.25, -0.2) is 14.6 Å². The second-order valence-electron chi connectivity index (χ2n) is 3.77. The van der Waals surface area contributed by atoms with Gasteiger partial charge in [0.2, 0.25) is 0 Å². The number of hydrogen-bond acceptors (Lipinski definition) is 5. The summed E-state index contributed by atoms with van der Waals surface area (Å²) in [5, 5.41) is 25.2. The minimum atomic E-state index is -1.34. The number of aliphatic carboxylic acids is 1. The van der Waals surface area contributed by atoms with Gasteiger partial charge in [0.1, 0.15) is 5.01 Å². The number of nitrogens with one attached hydrogen (secondary N) is 2. The minimum absolute atomic E-state index is 0.326. The molecule has 100 valence electrons. The van der Waals surface area contributed by atoms with E-state index < -0.39 is 24.1 Å². The average Bonchev–Trinajstić information content (AvgIpc) is 2.78. The number of urea groups is 1. The molecule has 0 aliphatic carbocycles. The largest absolute Gasteiger partial charge is 0.480 e. The Morgan fingerprint density at radius 3 is 2.50 bits per heavy atom. The van der Waals surface area contributed by atoms with Crippen molar-refractivity contribution >= 4 is 23.3 Å². The van der Waals surface area contributed by atoms with Crippen LogP contribution in [0.15, 0.2) is 11.6 Å². The molecule has 0 aliphatic rings. The van der Waals surface area contributed by atoms with Gasteiger partial charge in [-0.05, 0) is 13.8 Å². The SMILES string of the molecule is CC(NC(=O)N[C@H](C(=O)O)[C@@H](C)O)c1nccs1. The van der Waals surface area contributed by atoms with Crippen LogP contribution in [0.2, 0.25) is 0 Å². The molecule has 0 aliphatic heterocycles. The van der Waals surface area contributed by atoms with Crippen molar-refractivity contribution in [3.05, 3.63) is 16.6 Å². The Balaban J connectivity index is 2.53. The number of carbonyl (C=O) groups is 2. The normalized spacial score (nSPS) is 15.5. The molecule has 1 heterocycles. The van der Waals surface area contributed by atoms with Crippen LogP contribution in [0.4, 0.5) is 4.79 Å². The Morgan fingerprint density at radius 1 is 1.39 bits per heavy atom. The van der Waals surface area contributed by atoms with E-state index in [0.29, 0.717) is 5.01 Å². The van der Waals surface area contributed by atoms with Crippen molar-refractivity contribution in [1.82, 2.24) is 15.6 Å². The Bertz CT molecular complexity index is 407. The van der Waals surface area contributed by atoms with E-state index in [0.717, 1.165) is 0 Å². The Labute approximate surface area is 108 Å². The molecule has 7 nitrogen and oxygen atoms in total. The molecule has 0 spiro atoms. The maximum atomic E-state index is 11.5. The summed E-state index contributed by atoms with van der Waals surface area (Å²) >= 11 is 1.39. The average molecular weight is 273 g/mol. The Hall–Kier alpha value is -1.67. The van der Waals surface area contributed by atoms with Crippen LogP contribution < -0.4 is 10.6 Å². The fraction of sp³-hybridized carbons (Fsp3) is 0.500. The van der Waals surface area contributed by atoms with E-state index >= 15 is 0 Å². The maximum absolute atomic E-state index is 11.5. The third-order valence-corrected chi connectivity index (χ3v) is 3.16. The van der Waals surface area contributed by atoms with Gasteiger partial charge in [0.05, 0.1) is 12.1 Å². The summed E-state index contributed by atoms with van der Waals surface area (Å²) in [6.07, 6.45) is 0.440. The van der Waals surface area contributed by atoms with Gasteiger partial charge < -0.3 is 20.8 Å². The lowest BCUT2D eigenvalue weighted by Crippen LogP contribution is -2.51. The summed E-state index contributed by atoms with van der Waals surface area (Å²) in [5.41, 5.74) is 0. The van der Waals surface area contributed by atoms with E-state index in [1.54, 1.807) is 18.5 Å². The molecule has 1 aromatic rings. The van der Waals surface area contributed by atoms with E-state index in [1.807, 2.05) is 0 Å². The molecule has 3 atom stereocenters. The highest BCUT2D eigenvalue weighted by Gasteiger charge is 2.25. The van der Waals surface area contributed by atoms with Gasteiger partial charge in [0, 0.05) is 11.6 Å². The summed E-state index contributed by atoms with van der Waals surface area (Å²) in [5.74, 6) is -1.29. The van der Waals surface area contributed by atoms with Gasteiger partial charge in [-0.15, -0.1) is 11.3 Å². The van der Waals surface area contributed by atoms with Crippen molar-refractivity contribution in [3.8, 4) is 0 Å². The number of aliphatic hydroxyl groups excluding tert-OH is 1. The fourth-order valence-corrected chi connectivity index (χ4v) is 1.92. The summed E-state index contributed by atoms with van der Waals surface area (Å²) in [6, 6.07) is -2.33. The van der Waals surface area contributed by atoms with Crippen LogP contribution >= 0.6 is 11.3 Å². The van der Waals surface area contributed by atoms with Gasteiger partial charge >= 0.3 is 12.0 Å². The van der Waals surface area contributed by atoms with Crippen LogP contribution in [0, 0.1) is 0 Å². The molecular weight excluding hydrogens is 258 g/mol. The Morgan fingerprint density at radius 2 is 2.06 bits per heavy atom. The number of hydrogen-bond donors (Lipinski definition) is 4. The Kier molecular flexibility index (Phi) is 5.05. The second-order valence-corrected chi connectivity index (χ2v) is 4.69. The third kappa shape index (κ3) is 3.97. The molecule has 0 fully saturated rings. The van der Waals surface area contributed by atoms with Crippen LogP contribution in [0.25, 0.3) is 0 Å². The highest BCUT2D eigenvalue weighted by molar-refractivity contribution is 7.09. The van der Waals surface area contributed by atoms with E-state index in [-0.39, 0.29) is 6.04 Å². The maximum Gasteiger partial charge on any atom is 0.328 e. The zero-order valence-electron chi connectivity index (χ0n) is 9.95. The van der Waals surface area contributed by atoms with Gasteiger partial charge in [-0.2, -0.15) is 0 Å². The number of rotatable bonds is 5. The molecular formula is C10H15N3O4S. The molecule has 0 saturated carbocycles. The third-order valence-electron chi connectivity index (χ3n) is 2.20. The summed E-state index contributed by atoms with van der Waals surface area (Å²) < 4.78 is 0. The van der Waals surface area contributed by atoms with Crippen LogP contribution in [0.5, 0.6) is 0 Å². The summed E-state index contributed by atoms with van der Waals surface area (Å²) in [7, 11) is 0. The highest BCUT2D eigenvalue weighted by Crippen LogP contribution is 2.14. The second kappa shape index (κ2) is 6.31. The van der Waals surface area contributed by atoms with Gasteiger partial charge in [0.15, 0.2) is 6.04 Å². The first-order valence-electron chi connectivity index (χ1n) is 5.29. The lowest BCUT2D eigenvalue weighted by atomic mass is 10.2. The first kappa shape index (κ1) is 14.4. The molecule has 0 saturated heterocycles. The minimum Gasteiger partial charge on any atom is -0.480 e. The summed E-state index contributed by atoms with van der Waals surface area (Å²) in [4.78, 5) is 26.4. The van der Waals surface area contributed by atoms with E-state index in [9.17, 15) is 14.7 Å². The summed E-state index contributed by atoms with van der Waals surface area (Å²) in [6.45, 7) is 3.03. The molecule has 8 heteroatoms. The monoisotopic (exact) mass is 273 g/mol. The molecule has 4 N–H and O–H groups in total. The fourth-order valence-electron chi connectivity index (χ4n) is 1.28. The van der Waals surface area contributed by atoms with Gasteiger partial charge in [0.25, 0.3) is 0 Å². The van der Waals surface area contributed by atoms with Crippen LogP contribution in [-0.2, 0) is 4.79 Å². The van der Waals surface area contributed by atoms with E-state index in [2.05, 4.69) is 15.6 Å². The first-order chi connectivity index (χ1) is 8.41. The van der Waals surface area contributed by atoms with Crippen molar-refractivity contribution < 1.29 is 19.8 Å². The molecule has 0 radical (unpaired) electrons. The van der Waals surface area contributed by atoms with E-state index in [1.165, 1.54) is 18.3 Å². The number of amides is 2. The van der Waals surface area contributed by atoms with E-state index in [4.69, 9.17) is 5.11 Å². The quantitative estimate of drug-likeness (QED) is 0.618. The predicted octanol–water partition coefficient (Wildman–Crippen LogP) is 0.337. The van der Waals surface area contributed by atoms with Crippen molar-refractivity contribution in [1.29, 1.82) is 0 Å². The number of carbonyl (C=O) groups excluding carboxylic acids is 1. The molecule has 18 heavy (non-hydrogen) atoms. The van der Waals surface area contributed by atoms with Crippen molar-refractivity contribution in [3.63, 3.8) is 0 Å². The molecule has 1 aromatic heterocycles. The number of aromatic nitrogens is 1. The zero-order chi connectivity index (χ0) is 13.7. The molecule has 1 unspecified atom stereocenters. The molecule has 2 amide bonds.